The molecule has 0 saturated carbocycles. The van der Waals surface area contributed by atoms with Crippen LogP contribution in [0.1, 0.15) is 36.5 Å². The van der Waals surface area contributed by atoms with Crippen molar-refractivity contribution in [2.24, 2.45) is 0 Å². The van der Waals surface area contributed by atoms with Crippen molar-refractivity contribution in [3.05, 3.63) is 32.8 Å². The van der Waals surface area contributed by atoms with Crippen LogP contribution in [0.25, 0.3) is 0 Å². The largest absolute Gasteiger partial charge is 0.462 e. The molecule has 1 radical (unpaired) electrons. The molecule has 93 valence electrons. The molecular formula is C12H12Cl3O2. The van der Waals surface area contributed by atoms with Crippen LogP contribution in [-0.4, -0.2) is 12.6 Å². The zero-order valence-electron chi connectivity index (χ0n) is 9.36. The first kappa shape index (κ1) is 14.6. The third kappa shape index (κ3) is 4.38. The average molecular weight is 295 g/mol. The molecule has 0 aromatic heterocycles. The summed E-state index contributed by atoms with van der Waals surface area (Å²) >= 11 is 17.4. The lowest BCUT2D eigenvalue weighted by Gasteiger charge is -2.07. The predicted molar refractivity (Wildman–Crippen MR) is 70.1 cm³/mol. The van der Waals surface area contributed by atoms with Gasteiger partial charge in [-0.15, -0.1) is 0 Å². The highest BCUT2D eigenvalue weighted by molar-refractivity contribution is 6.44. The number of hydrogen-bond donors (Lipinski definition) is 0. The molecule has 5 heteroatoms. The SMILES string of the molecule is CCCCCOC(=O)c1[c]c(Cl)cc(Cl)c1Cl. The minimum Gasteiger partial charge on any atom is -0.462 e. The van der Waals surface area contributed by atoms with Crippen molar-refractivity contribution in [3.8, 4) is 0 Å². The number of ether oxygens (including phenoxy) is 1. The summed E-state index contributed by atoms with van der Waals surface area (Å²) in [7, 11) is 0. The molecule has 0 aliphatic rings. The van der Waals surface area contributed by atoms with Gasteiger partial charge in [-0.3, -0.25) is 0 Å². The van der Waals surface area contributed by atoms with Gasteiger partial charge in [0.05, 0.1) is 27.2 Å². The van der Waals surface area contributed by atoms with Gasteiger partial charge in [-0.05, 0) is 12.5 Å². The van der Waals surface area contributed by atoms with Gasteiger partial charge >= 0.3 is 5.97 Å². The number of halogens is 3. The first-order valence-electron chi connectivity index (χ1n) is 5.30. The summed E-state index contributed by atoms with van der Waals surface area (Å²) in [5, 5.41) is 0.576. The van der Waals surface area contributed by atoms with Crippen molar-refractivity contribution < 1.29 is 9.53 Å². The molecule has 0 spiro atoms. The maximum Gasteiger partial charge on any atom is 0.340 e. The highest BCUT2D eigenvalue weighted by atomic mass is 35.5. The molecule has 0 saturated heterocycles. The van der Waals surface area contributed by atoms with Crippen LogP contribution in [0.15, 0.2) is 6.07 Å². The van der Waals surface area contributed by atoms with E-state index in [1.165, 1.54) is 6.07 Å². The second-order valence-corrected chi connectivity index (χ2v) is 4.69. The van der Waals surface area contributed by atoms with E-state index in [4.69, 9.17) is 39.5 Å². The lowest BCUT2D eigenvalue weighted by molar-refractivity contribution is 0.0498. The molecule has 0 amide bonds. The molecular weight excluding hydrogens is 282 g/mol. The Morgan fingerprint density at radius 3 is 2.71 bits per heavy atom. The summed E-state index contributed by atoms with van der Waals surface area (Å²) in [5.41, 5.74) is 0.0839. The maximum absolute atomic E-state index is 11.7. The van der Waals surface area contributed by atoms with Gasteiger partial charge in [0.1, 0.15) is 0 Å². The standard InChI is InChI=1S/C12H12Cl3O2/c1-2-3-4-5-17-12(16)9-6-8(13)7-10(14)11(9)15/h7H,2-5H2,1H3. The van der Waals surface area contributed by atoms with Gasteiger partial charge in [-0.1, -0.05) is 54.6 Å². The highest BCUT2D eigenvalue weighted by Crippen LogP contribution is 2.29. The normalized spacial score (nSPS) is 10.4. The van der Waals surface area contributed by atoms with Crippen molar-refractivity contribution >= 4 is 40.8 Å². The number of unbranched alkanes of at least 4 members (excludes halogenated alkanes) is 2. The third-order valence-corrected chi connectivity index (χ3v) is 3.10. The number of esters is 1. The molecule has 1 aromatic carbocycles. The van der Waals surface area contributed by atoms with Gasteiger partial charge in [-0.2, -0.15) is 0 Å². The lowest BCUT2D eigenvalue weighted by Crippen LogP contribution is -2.07. The predicted octanol–water partition coefficient (Wildman–Crippen LogP) is 4.79. The summed E-state index contributed by atoms with van der Waals surface area (Å²) in [4.78, 5) is 11.7. The second-order valence-electron chi connectivity index (χ2n) is 3.50. The summed E-state index contributed by atoms with van der Waals surface area (Å²) in [6, 6.07) is 4.06. The molecule has 1 aromatic rings. The van der Waals surface area contributed by atoms with Gasteiger partial charge < -0.3 is 4.74 Å². The summed E-state index contributed by atoms with van der Waals surface area (Å²) in [6.07, 6.45) is 2.91. The van der Waals surface area contributed by atoms with Crippen LogP contribution in [0.5, 0.6) is 0 Å². The van der Waals surface area contributed by atoms with Gasteiger partial charge in [0, 0.05) is 6.07 Å². The van der Waals surface area contributed by atoms with Gasteiger partial charge in [-0.25, -0.2) is 4.79 Å². The van der Waals surface area contributed by atoms with E-state index in [9.17, 15) is 4.79 Å². The molecule has 0 unspecified atom stereocenters. The fourth-order valence-corrected chi connectivity index (χ4v) is 1.88. The number of hydrogen-bond acceptors (Lipinski definition) is 2. The molecule has 0 fully saturated rings. The number of carbonyl (C=O) groups excluding carboxylic acids is 1. The average Bonchev–Trinajstić information content (AvgIpc) is 2.29. The highest BCUT2D eigenvalue weighted by Gasteiger charge is 2.16. The molecule has 0 atom stereocenters. The topological polar surface area (TPSA) is 26.3 Å². The molecule has 0 N–H and O–H groups in total. The van der Waals surface area contributed by atoms with E-state index in [1.54, 1.807) is 0 Å². The van der Waals surface area contributed by atoms with Crippen LogP contribution in [0.2, 0.25) is 15.1 Å². The van der Waals surface area contributed by atoms with Crippen LogP contribution < -0.4 is 0 Å². The Hall–Kier alpha value is -0.440. The fraction of sp³-hybridized carbons (Fsp3) is 0.417. The zero-order valence-corrected chi connectivity index (χ0v) is 11.6. The molecule has 17 heavy (non-hydrogen) atoms. The van der Waals surface area contributed by atoms with Crippen LogP contribution in [0, 0.1) is 6.07 Å². The lowest BCUT2D eigenvalue weighted by atomic mass is 10.2. The Balaban J connectivity index is 2.69. The van der Waals surface area contributed by atoms with Crippen molar-refractivity contribution in [2.45, 2.75) is 26.2 Å². The first-order chi connectivity index (χ1) is 8.06. The van der Waals surface area contributed by atoms with Crippen molar-refractivity contribution in [2.75, 3.05) is 6.61 Å². The monoisotopic (exact) mass is 293 g/mol. The third-order valence-electron chi connectivity index (χ3n) is 2.11. The Labute approximate surface area is 116 Å². The fourth-order valence-electron chi connectivity index (χ4n) is 1.23. The van der Waals surface area contributed by atoms with Gasteiger partial charge in [0.2, 0.25) is 0 Å². The molecule has 0 aliphatic heterocycles. The Kier molecular flexibility index (Phi) is 6.10. The Bertz CT molecular complexity index is 405. The van der Waals surface area contributed by atoms with E-state index in [0.717, 1.165) is 19.3 Å². The smallest absolute Gasteiger partial charge is 0.340 e. The van der Waals surface area contributed by atoms with Crippen LogP contribution in [0.3, 0.4) is 0 Å². The Morgan fingerprint density at radius 2 is 2.06 bits per heavy atom. The number of carbonyl (C=O) groups is 1. The second kappa shape index (κ2) is 7.10. The van der Waals surface area contributed by atoms with E-state index < -0.39 is 5.97 Å². The van der Waals surface area contributed by atoms with Crippen LogP contribution >= 0.6 is 34.8 Å². The van der Waals surface area contributed by atoms with Crippen LogP contribution in [0.4, 0.5) is 0 Å². The van der Waals surface area contributed by atoms with Gasteiger partial charge in [0.15, 0.2) is 0 Å². The number of rotatable bonds is 5. The van der Waals surface area contributed by atoms with E-state index in [2.05, 4.69) is 13.0 Å². The van der Waals surface area contributed by atoms with E-state index in [-0.39, 0.29) is 20.6 Å². The van der Waals surface area contributed by atoms with E-state index >= 15 is 0 Å². The van der Waals surface area contributed by atoms with Crippen molar-refractivity contribution in [1.82, 2.24) is 0 Å². The quantitative estimate of drug-likeness (QED) is 0.443. The molecule has 2 nitrogen and oxygen atoms in total. The molecule has 1 rings (SSSR count). The van der Waals surface area contributed by atoms with Crippen molar-refractivity contribution in [3.63, 3.8) is 0 Å². The molecule has 0 aliphatic carbocycles. The Morgan fingerprint density at radius 1 is 1.35 bits per heavy atom. The first-order valence-corrected chi connectivity index (χ1v) is 6.43. The van der Waals surface area contributed by atoms with Gasteiger partial charge in [0.25, 0.3) is 0 Å². The van der Waals surface area contributed by atoms with E-state index in [1.807, 2.05) is 0 Å². The minimum atomic E-state index is -0.546. The molecule has 0 heterocycles. The summed E-state index contributed by atoms with van der Waals surface area (Å²) in [5.74, 6) is -0.546. The van der Waals surface area contributed by atoms with E-state index in [0.29, 0.717) is 6.61 Å². The molecule has 0 bridgehead atoms. The summed E-state index contributed by atoms with van der Waals surface area (Å²) < 4.78 is 5.05. The number of benzene rings is 1. The minimum absolute atomic E-state index is 0.0839. The van der Waals surface area contributed by atoms with Crippen molar-refractivity contribution in [1.29, 1.82) is 0 Å². The van der Waals surface area contributed by atoms with Crippen LogP contribution in [-0.2, 0) is 4.74 Å². The summed E-state index contributed by atoms with van der Waals surface area (Å²) in [6.45, 7) is 2.43. The zero-order chi connectivity index (χ0) is 12.8. The maximum atomic E-state index is 11.7.